The van der Waals surface area contributed by atoms with Crippen molar-refractivity contribution in [2.75, 3.05) is 18.0 Å². The maximum absolute atomic E-state index is 13.0. The van der Waals surface area contributed by atoms with Gasteiger partial charge in [0.2, 0.25) is 0 Å². The standard InChI is InChI=1S/C10H7ClF5N3/c11-8-7(10(14,15)16)17-1-6(18-8)19-2-4-5(3-19)9(4,12)13/h1,4-5H,2-3H2. The predicted molar refractivity (Wildman–Crippen MR) is 56.2 cm³/mol. The number of piperidine rings is 1. The number of aromatic nitrogens is 2. The van der Waals surface area contributed by atoms with Crippen molar-refractivity contribution in [2.45, 2.75) is 12.1 Å². The first-order chi connectivity index (χ1) is 8.71. The van der Waals surface area contributed by atoms with Gasteiger partial charge in [-0.15, -0.1) is 0 Å². The van der Waals surface area contributed by atoms with Gasteiger partial charge in [0.15, 0.2) is 10.8 Å². The van der Waals surface area contributed by atoms with Crippen LogP contribution in [0.5, 0.6) is 0 Å². The van der Waals surface area contributed by atoms with Crippen LogP contribution in [0, 0.1) is 11.8 Å². The summed E-state index contributed by atoms with van der Waals surface area (Å²) >= 11 is 5.43. The van der Waals surface area contributed by atoms with Crippen molar-refractivity contribution in [1.29, 1.82) is 0 Å². The van der Waals surface area contributed by atoms with E-state index in [0.717, 1.165) is 6.20 Å². The van der Waals surface area contributed by atoms with E-state index in [1.165, 1.54) is 4.90 Å². The molecule has 1 aliphatic carbocycles. The van der Waals surface area contributed by atoms with Gasteiger partial charge in [-0.25, -0.2) is 18.7 Å². The van der Waals surface area contributed by atoms with Gasteiger partial charge >= 0.3 is 6.18 Å². The highest BCUT2D eigenvalue weighted by molar-refractivity contribution is 6.30. The molecule has 0 bridgehead atoms. The van der Waals surface area contributed by atoms with Crippen molar-refractivity contribution in [1.82, 2.24) is 9.97 Å². The average molecular weight is 300 g/mol. The zero-order valence-corrected chi connectivity index (χ0v) is 10.0. The number of hydrogen-bond donors (Lipinski definition) is 0. The van der Waals surface area contributed by atoms with Gasteiger partial charge in [0.1, 0.15) is 5.82 Å². The van der Waals surface area contributed by atoms with Crippen LogP contribution in [0.1, 0.15) is 5.69 Å². The second-order valence-corrected chi connectivity index (χ2v) is 5.02. The van der Waals surface area contributed by atoms with Crippen LogP contribution in [0.2, 0.25) is 5.15 Å². The molecule has 2 heterocycles. The Hall–Kier alpha value is -1.18. The van der Waals surface area contributed by atoms with Crippen molar-refractivity contribution >= 4 is 17.4 Å². The molecule has 1 aromatic rings. The van der Waals surface area contributed by atoms with E-state index in [1.54, 1.807) is 0 Å². The Labute approximate surface area is 109 Å². The van der Waals surface area contributed by atoms with Gasteiger partial charge in [-0.1, -0.05) is 11.6 Å². The van der Waals surface area contributed by atoms with Crippen molar-refractivity contribution in [3.05, 3.63) is 17.0 Å². The molecule has 1 aliphatic heterocycles. The van der Waals surface area contributed by atoms with Crippen LogP contribution >= 0.6 is 11.6 Å². The lowest BCUT2D eigenvalue weighted by Crippen LogP contribution is -2.28. The highest BCUT2D eigenvalue weighted by Gasteiger charge is 2.71. The molecule has 0 spiro atoms. The van der Waals surface area contributed by atoms with E-state index in [2.05, 4.69) is 9.97 Å². The molecular weight excluding hydrogens is 293 g/mol. The summed E-state index contributed by atoms with van der Waals surface area (Å²) in [6.07, 6.45) is -3.76. The fourth-order valence-electron chi connectivity index (χ4n) is 2.40. The predicted octanol–water partition coefficient (Wildman–Crippen LogP) is 2.85. The second-order valence-electron chi connectivity index (χ2n) is 4.66. The monoisotopic (exact) mass is 299 g/mol. The van der Waals surface area contributed by atoms with Gasteiger partial charge in [0.25, 0.3) is 5.92 Å². The Morgan fingerprint density at radius 2 is 1.84 bits per heavy atom. The molecule has 0 aromatic carbocycles. The molecule has 1 saturated carbocycles. The number of rotatable bonds is 1. The van der Waals surface area contributed by atoms with Crippen LogP contribution in [-0.4, -0.2) is 29.0 Å². The highest BCUT2D eigenvalue weighted by atomic mass is 35.5. The third-order valence-electron chi connectivity index (χ3n) is 3.51. The lowest BCUT2D eigenvalue weighted by Gasteiger charge is -2.21. The fourth-order valence-corrected chi connectivity index (χ4v) is 2.64. The summed E-state index contributed by atoms with van der Waals surface area (Å²) in [4.78, 5) is 8.29. The molecular formula is C10H7ClF5N3. The average Bonchev–Trinajstić information content (AvgIpc) is 2.67. The molecule has 2 unspecified atom stereocenters. The summed E-state index contributed by atoms with van der Waals surface area (Å²) in [5.41, 5.74) is -1.27. The van der Waals surface area contributed by atoms with E-state index in [4.69, 9.17) is 11.6 Å². The summed E-state index contributed by atoms with van der Waals surface area (Å²) < 4.78 is 63.3. The van der Waals surface area contributed by atoms with Crippen LogP contribution in [0.25, 0.3) is 0 Å². The molecule has 0 radical (unpaired) electrons. The Balaban J connectivity index is 1.80. The molecule has 9 heteroatoms. The first-order valence-electron chi connectivity index (χ1n) is 5.43. The van der Waals surface area contributed by atoms with Crippen LogP contribution in [0.3, 0.4) is 0 Å². The minimum Gasteiger partial charge on any atom is -0.354 e. The van der Waals surface area contributed by atoms with Crippen molar-refractivity contribution in [3.8, 4) is 0 Å². The topological polar surface area (TPSA) is 29.0 Å². The van der Waals surface area contributed by atoms with E-state index < -0.39 is 34.8 Å². The fraction of sp³-hybridized carbons (Fsp3) is 0.600. The summed E-state index contributed by atoms with van der Waals surface area (Å²) in [5, 5.41) is -0.766. The number of nitrogens with zero attached hydrogens (tertiary/aromatic N) is 3. The zero-order chi connectivity index (χ0) is 14.0. The quantitative estimate of drug-likeness (QED) is 0.747. The van der Waals surface area contributed by atoms with Crippen molar-refractivity contribution in [3.63, 3.8) is 0 Å². The summed E-state index contributed by atoms with van der Waals surface area (Å²) in [5.74, 6) is -4.04. The van der Waals surface area contributed by atoms with E-state index in [1.807, 2.05) is 0 Å². The molecule has 19 heavy (non-hydrogen) atoms. The van der Waals surface area contributed by atoms with Crippen LogP contribution in [0.4, 0.5) is 27.8 Å². The Morgan fingerprint density at radius 1 is 1.26 bits per heavy atom. The largest absolute Gasteiger partial charge is 0.436 e. The van der Waals surface area contributed by atoms with E-state index in [0.29, 0.717) is 0 Å². The van der Waals surface area contributed by atoms with E-state index in [-0.39, 0.29) is 18.9 Å². The van der Waals surface area contributed by atoms with Crippen LogP contribution in [0.15, 0.2) is 6.20 Å². The summed E-state index contributed by atoms with van der Waals surface area (Å²) in [6, 6.07) is 0. The van der Waals surface area contributed by atoms with E-state index >= 15 is 0 Å². The SMILES string of the molecule is FC(F)(F)c1ncc(N2CC3C(C2)C3(F)F)nc1Cl. The van der Waals surface area contributed by atoms with E-state index in [9.17, 15) is 22.0 Å². The first kappa shape index (κ1) is 12.8. The van der Waals surface area contributed by atoms with Crippen molar-refractivity contribution in [2.24, 2.45) is 11.8 Å². The highest BCUT2D eigenvalue weighted by Crippen LogP contribution is 2.59. The molecule has 0 N–H and O–H groups in total. The van der Waals surface area contributed by atoms with Gasteiger partial charge in [-0.2, -0.15) is 13.2 Å². The second kappa shape index (κ2) is 3.68. The Bertz CT molecular complexity index is 518. The molecule has 1 aromatic heterocycles. The first-order valence-corrected chi connectivity index (χ1v) is 5.81. The lowest BCUT2D eigenvalue weighted by molar-refractivity contribution is -0.141. The molecule has 3 rings (SSSR count). The number of hydrogen-bond acceptors (Lipinski definition) is 3. The minimum absolute atomic E-state index is 0.0635. The summed E-state index contributed by atoms with van der Waals surface area (Å²) in [7, 11) is 0. The molecule has 1 saturated heterocycles. The Kier molecular flexibility index (Phi) is 2.49. The Morgan fingerprint density at radius 3 is 2.32 bits per heavy atom. The smallest absolute Gasteiger partial charge is 0.354 e. The van der Waals surface area contributed by atoms with Gasteiger partial charge in [-0.05, 0) is 0 Å². The molecule has 104 valence electrons. The zero-order valence-electron chi connectivity index (χ0n) is 9.26. The van der Waals surface area contributed by atoms with Gasteiger partial charge in [0.05, 0.1) is 18.0 Å². The number of fused-ring (bicyclic) bond motifs is 1. The molecule has 0 amide bonds. The summed E-state index contributed by atoms with van der Waals surface area (Å²) in [6.45, 7) is 0.127. The molecule has 2 fully saturated rings. The van der Waals surface area contributed by atoms with Gasteiger partial charge in [-0.3, -0.25) is 0 Å². The maximum Gasteiger partial charge on any atom is 0.436 e. The maximum atomic E-state index is 13.0. The van der Waals surface area contributed by atoms with Gasteiger partial charge in [0, 0.05) is 13.1 Å². The number of alkyl halides is 5. The molecule has 2 aliphatic rings. The third-order valence-corrected chi connectivity index (χ3v) is 3.77. The van der Waals surface area contributed by atoms with Crippen LogP contribution in [-0.2, 0) is 6.18 Å². The number of anilines is 1. The molecule has 2 atom stereocenters. The molecule has 3 nitrogen and oxygen atoms in total. The normalized spacial score (nSPS) is 28.4. The third kappa shape index (κ3) is 1.92. The van der Waals surface area contributed by atoms with Crippen LogP contribution < -0.4 is 4.90 Å². The lowest BCUT2D eigenvalue weighted by atomic mass is 10.4. The van der Waals surface area contributed by atoms with Gasteiger partial charge < -0.3 is 4.90 Å². The number of halogens is 6. The minimum atomic E-state index is -4.68. The van der Waals surface area contributed by atoms with Crippen molar-refractivity contribution < 1.29 is 22.0 Å².